The van der Waals surface area contributed by atoms with E-state index in [0.29, 0.717) is 18.0 Å². The molecule has 0 spiro atoms. The van der Waals surface area contributed by atoms with Crippen LogP contribution in [0.15, 0.2) is 23.1 Å². The third-order valence-electron chi connectivity index (χ3n) is 6.23. The molecular formula is C21H32N2O3S. The summed E-state index contributed by atoms with van der Waals surface area (Å²) in [6.45, 7) is 6.55. The first-order chi connectivity index (χ1) is 12.8. The van der Waals surface area contributed by atoms with Gasteiger partial charge in [0.2, 0.25) is 10.0 Å². The van der Waals surface area contributed by atoms with Crippen LogP contribution in [0.3, 0.4) is 0 Å². The minimum Gasteiger partial charge on any atom is -0.349 e. The number of aryl methyl sites for hydroxylation is 1. The van der Waals surface area contributed by atoms with Gasteiger partial charge in [-0.15, -0.1) is 0 Å². The molecule has 1 aliphatic carbocycles. The molecule has 0 radical (unpaired) electrons. The van der Waals surface area contributed by atoms with Gasteiger partial charge in [-0.25, -0.2) is 8.42 Å². The minimum absolute atomic E-state index is 0.00502. The Morgan fingerprint density at radius 2 is 1.78 bits per heavy atom. The Morgan fingerprint density at radius 1 is 1.07 bits per heavy atom. The van der Waals surface area contributed by atoms with Gasteiger partial charge in [-0.1, -0.05) is 32.3 Å². The Labute approximate surface area is 163 Å². The second-order valence-corrected chi connectivity index (χ2v) is 10.2. The number of carbonyl (C=O) groups is 1. The van der Waals surface area contributed by atoms with E-state index in [1.54, 1.807) is 22.5 Å². The van der Waals surface area contributed by atoms with Crippen molar-refractivity contribution in [3.8, 4) is 0 Å². The largest absolute Gasteiger partial charge is 0.349 e. The molecule has 0 aromatic heterocycles. The number of sulfonamides is 1. The Morgan fingerprint density at radius 3 is 2.48 bits per heavy atom. The maximum Gasteiger partial charge on any atom is 0.251 e. The van der Waals surface area contributed by atoms with Crippen molar-refractivity contribution in [2.24, 2.45) is 5.92 Å². The third-order valence-corrected chi connectivity index (χ3v) is 8.24. The molecule has 1 N–H and O–H groups in total. The smallest absolute Gasteiger partial charge is 0.251 e. The summed E-state index contributed by atoms with van der Waals surface area (Å²) in [5, 5.41) is 3.15. The Hall–Kier alpha value is -1.40. The van der Waals surface area contributed by atoms with Crippen molar-refractivity contribution in [3.63, 3.8) is 0 Å². The number of rotatable bonds is 4. The molecule has 2 fully saturated rings. The second kappa shape index (κ2) is 8.31. The predicted octanol–water partition coefficient (Wildman–Crippen LogP) is 3.87. The maximum absolute atomic E-state index is 13.1. The summed E-state index contributed by atoms with van der Waals surface area (Å²) in [5.41, 5.74) is 1.28. The molecule has 3 unspecified atom stereocenters. The zero-order valence-corrected chi connectivity index (χ0v) is 17.5. The molecule has 2 aliphatic rings. The van der Waals surface area contributed by atoms with Gasteiger partial charge < -0.3 is 5.32 Å². The lowest BCUT2D eigenvalue weighted by molar-refractivity contribution is 0.0909. The number of hydrogen-bond acceptors (Lipinski definition) is 3. The summed E-state index contributed by atoms with van der Waals surface area (Å²) >= 11 is 0. The SMILES string of the molecule is Cc1ccc(S(=O)(=O)N2CCCCC2C)cc1C(=O)NC1CCCCC1C. The van der Waals surface area contributed by atoms with Gasteiger partial charge >= 0.3 is 0 Å². The van der Waals surface area contributed by atoms with Crippen LogP contribution in [0.25, 0.3) is 0 Å². The molecule has 1 aliphatic heterocycles. The second-order valence-electron chi connectivity index (χ2n) is 8.28. The summed E-state index contributed by atoms with van der Waals surface area (Å²) in [7, 11) is -3.57. The highest BCUT2D eigenvalue weighted by molar-refractivity contribution is 7.89. The van der Waals surface area contributed by atoms with Crippen molar-refractivity contribution in [1.82, 2.24) is 9.62 Å². The van der Waals surface area contributed by atoms with Gasteiger partial charge in [-0.2, -0.15) is 4.31 Å². The zero-order valence-electron chi connectivity index (χ0n) is 16.7. The van der Waals surface area contributed by atoms with Crippen molar-refractivity contribution in [2.75, 3.05) is 6.54 Å². The van der Waals surface area contributed by atoms with Gasteiger partial charge in [-0.3, -0.25) is 4.79 Å². The summed E-state index contributed by atoms with van der Waals surface area (Å²) in [6, 6.07) is 5.13. The van der Waals surface area contributed by atoms with Crippen molar-refractivity contribution in [3.05, 3.63) is 29.3 Å². The van der Waals surface area contributed by atoms with Crippen molar-refractivity contribution in [1.29, 1.82) is 0 Å². The molecule has 1 aromatic carbocycles. The third kappa shape index (κ3) is 4.37. The molecule has 6 heteroatoms. The molecule has 150 valence electrons. The monoisotopic (exact) mass is 392 g/mol. The fraction of sp³-hybridized carbons (Fsp3) is 0.667. The van der Waals surface area contributed by atoms with Gasteiger partial charge in [0.15, 0.2) is 0 Å². The van der Waals surface area contributed by atoms with Crippen LogP contribution in [-0.2, 0) is 10.0 Å². The number of benzene rings is 1. The van der Waals surface area contributed by atoms with Crippen LogP contribution in [0.1, 0.15) is 74.7 Å². The van der Waals surface area contributed by atoms with Crippen LogP contribution in [0.2, 0.25) is 0 Å². The van der Waals surface area contributed by atoms with Gasteiger partial charge in [0.1, 0.15) is 0 Å². The molecule has 0 bridgehead atoms. The summed E-state index contributed by atoms with van der Waals surface area (Å²) in [5.74, 6) is 0.305. The zero-order chi connectivity index (χ0) is 19.6. The van der Waals surface area contributed by atoms with E-state index in [1.165, 1.54) is 6.42 Å². The molecule has 1 saturated heterocycles. The lowest BCUT2D eigenvalue weighted by Gasteiger charge is -2.32. The summed E-state index contributed by atoms with van der Waals surface area (Å²) in [4.78, 5) is 13.1. The number of hydrogen-bond donors (Lipinski definition) is 1. The number of nitrogens with zero attached hydrogens (tertiary/aromatic N) is 1. The summed E-state index contributed by atoms with van der Waals surface area (Å²) < 4.78 is 27.8. The molecule has 1 saturated carbocycles. The highest BCUT2D eigenvalue weighted by Gasteiger charge is 2.32. The molecular weight excluding hydrogens is 360 g/mol. The lowest BCUT2D eigenvalue weighted by atomic mass is 9.86. The molecule has 3 rings (SSSR count). The Bertz CT molecular complexity index is 791. The fourth-order valence-electron chi connectivity index (χ4n) is 4.35. The van der Waals surface area contributed by atoms with Crippen LogP contribution < -0.4 is 5.32 Å². The van der Waals surface area contributed by atoms with Crippen LogP contribution >= 0.6 is 0 Å². The fourth-order valence-corrected chi connectivity index (χ4v) is 6.07. The van der Waals surface area contributed by atoms with E-state index in [4.69, 9.17) is 0 Å². The molecule has 1 amide bonds. The van der Waals surface area contributed by atoms with E-state index in [0.717, 1.165) is 44.1 Å². The first kappa shape index (κ1) is 20.3. The number of carbonyl (C=O) groups excluding carboxylic acids is 1. The predicted molar refractivity (Wildman–Crippen MR) is 107 cm³/mol. The number of piperidine rings is 1. The van der Waals surface area contributed by atoms with Gasteiger partial charge in [-0.05, 0) is 63.1 Å². The first-order valence-electron chi connectivity index (χ1n) is 10.2. The normalized spacial score (nSPS) is 27.3. The quantitative estimate of drug-likeness (QED) is 0.846. The first-order valence-corrected chi connectivity index (χ1v) is 11.7. The van der Waals surface area contributed by atoms with E-state index < -0.39 is 10.0 Å². The Balaban J connectivity index is 1.84. The molecule has 3 atom stereocenters. The van der Waals surface area contributed by atoms with E-state index in [2.05, 4.69) is 12.2 Å². The highest BCUT2D eigenvalue weighted by atomic mass is 32.2. The Kier molecular flexibility index (Phi) is 6.26. The summed E-state index contributed by atoms with van der Waals surface area (Å²) in [6.07, 6.45) is 7.32. The average Bonchev–Trinajstić information content (AvgIpc) is 2.64. The topological polar surface area (TPSA) is 66.5 Å². The van der Waals surface area contributed by atoms with Crippen LogP contribution in [0.4, 0.5) is 0 Å². The van der Waals surface area contributed by atoms with Crippen molar-refractivity contribution < 1.29 is 13.2 Å². The molecule has 5 nitrogen and oxygen atoms in total. The standard InChI is InChI=1S/C21H32N2O3S/c1-15-11-12-18(27(25,26)23-13-7-6-9-17(23)3)14-19(15)21(24)22-20-10-5-4-8-16(20)2/h11-12,14,16-17,20H,4-10,13H2,1-3H3,(H,22,24). The molecule has 27 heavy (non-hydrogen) atoms. The highest BCUT2D eigenvalue weighted by Crippen LogP contribution is 2.27. The van der Waals surface area contributed by atoms with E-state index >= 15 is 0 Å². The van der Waals surface area contributed by atoms with Gasteiger partial charge in [0, 0.05) is 24.2 Å². The minimum atomic E-state index is -3.57. The maximum atomic E-state index is 13.1. The number of nitrogens with one attached hydrogen (secondary N) is 1. The van der Waals surface area contributed by atoms with Gasteiger partial charge in [0.25, 0.3) is 5.91 Å². The number of amides is 1. The van der Waals surface area contributed by atoms with Crippen molar-refractivity contribution >= 4 is 15.9 Å². The molecule has 1 aromatic rings. The van der Waals surface area contributed by atoms with Crippen LogP contribution in [0.5, 0.6) is 0 Å². The molecule has 1 heterocycles. The van der Waals surface area contributed by atoms with Crippen LogP contribution in [0, 0.1) is 12.8 Å². The van der Waals surface area contributed by atoms with Crippen molar-refractivity contribution in [2.45, 2.75) is 82.7 Å². The van der Waals surface area contributed by atoms with Crippen LogP contribution in [-0.4, -0.2) is 37.3 Å². The van der Waals surface area contributed by atoms with Gasteiger partial charge in [0.05, 0.1) is 4.90 Å². The van der Waals surface area contributed by atoms with E-state index in [1.807, 2.05) is 13.8 Å². The van der Waals surface area contributed by atoms with E-state index in [-0.39, 0.29) is 22.9 Å². The van der Waals surface area contributed by atoms with E-state index in [9.17, 15) is 13.2 Å². The lowest BCUT2D eigenvalue weighted by Crippen LogP contribution is -2.42. The average molecular weight is 393 g/mol.